The predicted octanol–water partition coefficient (Wildman–Crippen LogP) is 7.22. The highest BCUT2D eigenvalue weighted by molar-refractivity contribution is 6.16. The molecule has 1 N–H and O–H groups in total. The van der Waals surface area contributed by atoms with E-state index in [1.54, 1.807) is 6.92 Å². The number of hydrogen-bond acceptors (Lipinski definition) is 3. The molecule has 1 aliphatic heterocycles. The number of carbonyl (C=O) groups is 1. The first-order valence-electron chi connectivity index (χ1n) is 11.4. The lowest BCUT2D eigenvalue weighted by Crippen LogP contribution is -2.17. The number of nitrogens with zero attached hydrogens (tertiary/aromatic N) is 1. The second-order valence-electron chi connectivity index (χ2n) is 8.44. The number of hydrogen-bond donors (Lipinski definition) is 1. The van der Waals surface area contributed by atoms with Crippen LogP contribution in [0.15, 0.2) is 89.2 Å². The largest absolute Gasteiger partial charge is 0.354 e. The smallest absolute Gasteiger partial charge is 0.160 e. The van der Waals surface area contributed by atoms with Crippen molar-refractivity contribution in [1.29, 1.82) is 0 Å². The maximum atomic E-state index is 11.8. The topological polar surface area (TPSA) is 41.5 Å². The molecule has 32 heavy (non-hydrogen) atoms. The van der Waals surface area contributed by atoms with Gasteiger partial charge in [-0.15, -0.1) is 0 Å². The Morgan fingerprint density at radius 3 is 2.62 bits per heavy atom. The SMILES string of the molecule is CCCc1ccc(C2=CN=C3C(=C/C=C\C/C=C/3Nc3ccc(C(C)=O)c(C)c3)C2)cc1. The molecular weight excluding hydrogens is 392 g/mol. The Hall–Kier alpha value is -3.46. The first-order valence-corrected chi connectivity index (χ1v) is 11.4. The van der Waals surface area contributed by atoms with Crippen molar-refractivity contribution >= 4 is 22.8 Å². The molecule has 0 saturated heterocycles. The molecule has 4 rings (SSSR count). The van der Waals surface area contributed by atoms with Gasteiger partial charge in [0.15, 0.2) is 5.78 Å². The van der Waals surface area contributed by atoms with Gasteiger partial charge in [0, 0.05) is 23.9 Å². The minimum atomic E-state index is 0.0895. The fourth-order valence-electron chi connectivity index (χ4n) is 4.24. The number of fused-ring (bicyclic) bond motifs is 1. The van der Waals surface area contributed by atoms with E-state index in [9.17, 15) is 4.79 Å². The summed E-state index contributed by atoms with van der Waals surface area (Å²) in [6.45, 7) is 5.79. The van der Waals surface area contributed by atoms with Crippen LogP contribution in [0.3, 0.4) is 0 Å². The lowest BCUT2D eigenvalue weighted by Gasteiger charge is -2.22. The molecule has 3 nitrogen and oxygen atoms in total. The van der Waals surface area contributed by atoms with Gasteiger partial charge in [0.2, 0.25) is 0 Å². The van der Waals surface area contributed by atoms with E-state index in [1.807, 2.05) is 31.3 Å². The minimum Gasteiger partial charge on any atom is -0.354 e. The first kappa shape index (κ1) is 21.8. The maximum Gasteiger partial charge on any atom is 0.160 e. The Kier molecular flexibility index (Phi) is 6.65. The maximum absolute atomic E-state index is 11.8. The highest BCUT2D eigenvalue weighted by Crippen LogP contribution is 2.31. The van der Waals surface area contributed by atoms with Crippen LogP contribution < -0.4 is 5.32 Å². The minimum absolute atomic E-state index is 0.0895. The molecule has 162 valence electrons. The zero-order chi connectivity index (χ0) is 22.5. The summed E-state index contributed by atoms with van der Waals surface area (Å²) in [7, 11) is 0. The van der Waals surface area contributed by atoms with Crippen LogP contribution in [0, 0.1) is 6.92 Å². The number of aliphatic imine (C=N–C) groups is 1. The van der Waals surface area contributed by atoms with Crippen molar-refractivity contribution in [3.8, 4) is 0 Å². The number of ketones is 1. The quantitative estimate of drug-likeness (QED) is 0.499. The van der Waals surface area contributed by atoms with Gasteiger partial charge in [-0.1, -0.05) is 61.9 Å². The van der Waals surface area contributed by atoms with Crippen molar-refractivity contribution in [2.45, 2.75) is 46.5 Å². The van der Waals surface area contributed by atoms with Gasteiger partial charge in [-0.25, -0.2) is 0 Å². The monoisotopic (exact) mass is 422 g/mol. The number of allylic oxidation sites excluding steroid dienone is 6. The highest BCUT2D eigenvalue weighted by Gasteiger charge is 2.19. The van der Waals surface area contributed by atoms with E-state index < -0.39 is 0 Å². The summed E-state index contributed by atoms with van der Waals surface area (Å²) in [6.07, 6.45) is 14.6. The van der Waals surface area contributed by atoms with Crippen molar-refractivity contribution in [2.24, 2.45) is 4.99 Å². The molecule has 0 unspecified atom stereocenters. The average molecular weight is 423 g/mol. The van der Waals surface area contributed by atoms with Gasteiger partial charge in [-0.05, 0) is 72.7 Å². The predicted molar refractivity (Wildman–Crippen MR) is 135 cm³/mol. The Labute approximate surface area is 191 Å². The van der Waals surface area contributed by atoms with Gasteiger partial charge < -0.3 is 5.32 Å². The average Bonchev–Trinajstić information content (AvgIpc) is 2.77. The third-order valence-electron chi connectivity index (χ3n) is 5.93. The van der Waals surface area contributed by atoms with Crippen LogP contribution >= 0.6 is 0 Å². The summed E-state index contributed by atoms with van der Waals surface area (Å²) in [4.78, 5) is 16.6. The van der Waals surface area contributed by atoms with E-state index in [1.165, 1.54) is 22.3 Å². The Bertz CT molecular complexity index is 1170. The molecule has 0 aromatic heterocycles. The number of rotatable bonds is 6. The van der Waals surface area contributed by atoms with Crippen LogP contribution in [-0.2, 0) is 6.42 Å². The molecule has 0 spiro atoms. The molecular formula is C29H30N2O. The number of Topliss-reactive ketones (excluding diaryl/α,β-unsaturated/α-hetero) is 1. The van der Waals surface area contributed by atoms with Crippen LogP contribution in [0.5, 0.6) is 0 Å². The molecule has 0 amide bonds. The van der Waals surface area contributed by atoms with E-state index >= 15 is 0 Å². The van der Waals surface area contributed by atoms with Gasteiger partial charge in [0.1, 0.15) is 0 Å². The third-order valence-corrected chi connectivity index (χ3v) is 5.93. The number of benzene rings is 2. The number of anilines is 1. The van der Waals surface area contributed by atoms with Crippen molar-refractivity contribution in [3.63, 3.8) is 0 Å². The summed E-state index contributed by atoms with van der Waals surface area (Å²) in [5, 5.41) is 3.55. The summed E-state index contributed by atoms with van der Waals surface area (Å²) >= 11 is 0. The molecule has 0 bridgehead atoms. The number of aryl methyl sites for hydroxylation is 2. The molecule has 0 fully saturated rings. The Balaban J connectivity index is 1.62. The molecule has 0 saturated carbocycles. The normalized spacial score (nSPS) is 18.1. The van der Waals surface area contributed by atoms with Gasteiger partial charge in [0.05, 0.1) is 11.4 Å². The molecule has 3 heteroatoms. The van der Waals surface area contributed by atoms with E-state index in [-0.39, 0.29) is 5.78 Å². The van der Waals surface area contributed by atoms with Crippen LogP contribution in [0.1, 0.15) is 60.2 Å². The molecule has 2 aromatic rings. The fraction of sp³-hybridized carbons (Fsp3) is 0.241. The number of nitrogens with one attached hydrogen (secondary N) is 1. The Morgan fingerprint density at radius 2 is 1.91 bits per heavy atom. The van der Waals surface area contributed by atoms with E-state index in [4.69, 9.17) is 4.99 Å². The van der Waals surface area contributed by atoms with E-state index in [2.05, 4.69) is 60.8 Å². The van der Waals surface area contributed by atoms with Crippen molar-refractivity contribution in [1.82, 2.24) is 0 Å². The number of carbonyl (C=O) groups excluding carboxylic acids is 1. The van der Waals surface area contributed by atoms with Crippen LogP contribution in [0.25, 0.3) is 5.57 Å². The highest BCUT2D eigenvalue weighted by atomic mass is 16.1. The van der Waals surface area contributed by atoms with Crippen molar-refractivity contribution < 1.29 is 4.79 Å². The second kappa shape index (κ2) is 9.78. The van der Waals surface area contributed by atoms with E-state index in [0.717, 1.165) is 53.9 Å². The standard InChI is InChI=1S/C29H30N2O/c1-4-8-22-11-13-23(14-12-22)25-18-24-9-6-5-7-10-28(29(24)30-19-25)31-26-15-16-27(21(3)32)20(2)17-26/h5-6,9-17,19,31H,4,7-8,18H2,1-3H3/b6-5-,24-9?,28-10-. The van der Waals surface area contributed by atoms with Gasteiger partial charge in [-0.3, -0.25) is 9.79 Å². The third kappa shape index (κ3) is 4.88. The molecule has 2 aromatic carbocycles. The first-order chi connectivity index (χ1) is 15.5. The Morgan fingerprint density at radius 1 is 1.09 bits per heavy atom. The summed E-state index contributed by atoms with van der Waals surface area (Å²) in [6, 6.07) is 14.8. The molecule has 0 radical (unpaired) electrons. The molecule has 1 heterocycles. The van der Waals surface area contributed by atoms with Gasteiger partial charge in [0.25, 0.3) is 0 Å². The van der Waals surface area contributed by atoms with Crippen molar-refractivity contribution in [2.75, 3.05) is 5.32 Å². The zero-order valence-corrected chi connectivity index (χ0v) is 19.1. The zero-order valence-electron chi connectivity index (χ0n) is 19.1. The van der Waals surface area contributed by atoms with E-state index in [0.29, 0.717) is 0 Å². The van der Waals surface area contributed by atoms with Crippen LogP contribution in [0.4, 0.5) is 5.69 Å². The van der Waals surface area contributed by atoms with Gasteiger partial charge in [-0.2, -0.15) is 0 Å². The summed E-state index contributed by atoms with van der Waals surface area (Å²) < 4.78 is 0. The van der Waals surface area contributed by atoms with Crippen LogP contribution in [0.2, 0.25) is 0 Å². The lowest BCUT2D eigenvalue weighted by molar-refractivity contribution is 0.101. The molecule has 0 atom stereocenters. The summed E-state index contributed by atoms with van der Waals surface area (Å²) in [5.74, 6) is 0.0895. The molecule has 1 aliphatic carbocycles. The van der Waals surface area contributed by atoms with Gasteiger partial charge >= 0.3 is 0 Å². The fourth-order valence-corrected chi connectivity index (χ4v) is 4.24. The lowest BCUT2D eigenvalue weighted by atomic mass is 9.91. The van der Waals surface area contributed by atoms with Crippen molar-refractivity contribution in [3.05, 3.63) is 106 Å². The molecule has 2 aliphatic rings. The van der Waals surface area contributed by atoms with Crippen LogP contribution in [-0.4, -0.2) is 11.5 Å². The second-order valence-corrected chi connectivity index (χ2v) is 8.44. The summed E-state index contributed by atoms with van der Waals surface area (Å²) in [5.41, 5.74) is 9.73.